The number of hydrogen-bond acceptors (Lipinski definition) is 9. The molecule has 0 unspecified atom stereocenters. The molecule has 1 amide bonds. The molecule has 0 N–H and O–H groups in total. The van der Waals surface area contributed by atoms with Gasteiger partial charge in [-0.25, -0.2) is 19.0 Å². The molecular formula is C24H35ClFN5O5. The summed E-state index contributed by atoms with van der Waals surface area (Å²) >= 11 is 6.74. The molecule has 3 atom stereocenters. The van der Waals surface area contributed by atoms with Crippen LogP contribution in [0.4, 0.5) is 15.0 Å². The van der Waals surface area contributed by atoms with Crippen LogP contribution < -0.4 is 9.64 Å². The standard InChI is InChI=1S/C24H35ClFN5O5/c1-14(16-11-15(26)12-29(16)5)35-20-17(25)19(27-18(28-20)21(32)34-6)30-9-10-31(24(13-30)7-8-24)22(33)36-23(2,3)4/h14-16H,7-13H2,1-6H3/t14-,15+,16-/m0/s1. The van der Waals surface area contributed by atoms with Gasteiger partial charge in [-0.15, -0.1) is 0 Å². The molecule has 3 heterocycles. The van der Waals surface area contributed by atoms with E-state index >= 15 is 0 Å². The molecule has 1 aliphatic carbocycles. The SMILES string of the molecule is COC(=O)c1nc(O[C@@H](C)[C@@H]2C[C@@H](F)CN2C)c(Cl)c(N2CCN(C(=O)OC(C)(C)C)C3(CC3)C2)n1. The number of carbonyl (C=O) groups excluding carboxylic acids is 2. The number of ether oxygens (including phenoxy) is 3. The maximum absolute atomic E-state index is 13.9. The highest BCUT2D eigenvalue weighted by Gasteiger charge is 2.54. The van der Waals surface area contributed by atoms with Gasteiger partial charge in [0, 0.05) is 32.2 Å². The lowest BCUT2D eigenvalue weighted by Gasteiger charge is -2.43. The number of carbonyl (C=O) groups is 2. The van der Waals surface area contributed by atoms with E-state index in [9.17, 15) is 14.0 Å². The first-order valence-electron chi connectivity index (χ1n) is 12.3. The van der Waals surface area contributed by atoms with E-state index in [-0.39, 0.29) is 34.4 Å². The topological polar surface area (TPSA) is 97.3 Å². The minimum Gasteiger partial charge on any atom is -0.472 e. The molecular weight excluding hydrogens is 493 g/mol. The van der Waals surface area contributed by atoms with Gasteiger partial charge in [-0.1, -0.05) is 11.6 Å². The number of anilines is 1. The van der Waals surface area contributed by atoms with Crippen LogP contribution in [0.1, 0.15) is 57.6 Å². The van der Waals surface area contributed by atoms with Crippen molar-refractivity contribution in [2.45, 2.75) is 76.4 Å². The van der Waals surface area contributed by atoms with Crippen molar-refractivity contribution in [1.82, 2.24) is 19.8 Å². The van der Waals surface area contributed by atoms with Gasteiger partial charge in [-0.2, -0.15) is 4.98 Å². The number of piperazine rings is 1. The first kappa shape index (κ1) is 26.7. The van der Waals surface area contributed by atoms with Crippen LogP contribution in [0, 0.1) is 0 Å². The zero-order valence-corrected chi connectivity index (χ0v) is 22.5. The minimum atomic E-state index is -0.927. The summed E-state index contributed by atoms with van der Waals surface area (Å²) < 4.78 is 30.5. The summed E-state index contributed by atoms with van der Waals surface area (Å²) in [6, 6.07) is -0.164. The maximum atomic E-state index is 13.9. The lowest BCUT2D eigenvalue weighted by molar-refractivity contribution is 0.0106. The quantitative estimate of drug-likeness (QED) is 0.534. The van der Waals surface area contributed by atoms with Crippen molar-refractivity contribution in [3.05, 3.63) is 10.8 Å². The van der Waals surface area contributed by atoms with Crippen molar-refractivity contribution in [2.75, 3.05) is 45.2 Å². The fourth-order valence-electron chi connectivity index (χ4n) is 4.99. The van der Waals surface area contributed by atoms with Crippen LogP contribution in [0.3, 0.4) is 0 Å². The van der Waals surface area contributed by atoms with Crippen LogP contribution in [-0.2, 0) is 9.47 Å². The zero-order valence-electron chi connectivity index (χ0n) is 21.7. The molecule has 0 radical (unpaired) electrons. The molecule has 4 rings (SSSR count). The number of alkyl halides is 1. The third-order valence-electron chi connectivity index (χ3n) is 6.95. The Hall–Kier alpha value is -2.40. The number of hydrogen-bond donors (Lipinski definition) is 0. The van der Waals surface area contributed by atoms with E-state index in [0.717, 1.165) is 12.8 Å². The maximum Gasteiger partial charge on any atom is 0.410 e. The molecule has 200 valence electrons. The van der Waals surface area contributed by atoms with Gasteiger partial charge >= 0.3 is 12.1 Å². The van der Waals surface area contributed by atoms with E-state index < -0.39 is 23.8 Å². The van der Waals surface area contributed by atoms with E-state index in [1.165, 1.54) is 7.11 Å². The summed E-state index contributed by atoms with van der Waals surface area (Å²) in [6.45, 7) is 9.02. The Kier molecular flexibility index (Phi) is 7.27. The third-order valence-corrected chi connectivity index (χ3v) is 7.28. The summed E-state index contributed by atoms with van der Waals surface area (Å²) in [5.41, 5.74) is -0.967. The predicted octanol–water partition coefficient (Wildman–Crippen LogP) is 3.32. The number of likely N-dealkylation sites (tertiary alicyclic amines) is 1. The normalized spacial score (nSPS) is 24.6. The van der Waals surface area contributed by atoms with Gasteiger partial charge in [0.2, 0.25) is 11.7 Å². The highest BCUT2D eigenvalue weighted by molar-refractivity contribution is 6.34. The van der Waals surface area contributed by atoms with Crippen LogP contribution in [0.2, 0.25) is 5.02 Å². The average Bonchev–Trinajstić information content (AvgIpc) is 3.46. The largest absolute Gasteiger partial charge is 0.472 e. The van der Waals surface area contributed by atoms with Gasteiger partial charge in [0.05, 0.1) is 12.6 Å². The van der Waals surface area contributed by atoms with Crippen molar-refractivity contribution in [3.63, 3.8) is 0 Å². The van der Waals surface area contributed by atoms with Crippen LogP contribution in [0.15, 0.2) is 0 Å². The number of halogens is 2. The Morgan fingerprint density at radius 3 is 2.47 bits per heavy atom. The van der Waals surface area contributed by atoms with Gasteiger partial charge in [0.1, 0.15) is 22.9 Å². The molecule has 2 aliphatic heterocycles. The van der Waals surface area contributed by atoms with Crippen molar-refractivity contribution in [3.8, 4) is 5.88 Å². The summed E-state index contributed by atoms with van der Waals surface area (Å²) in [4.78, 5) is 39.5. The fraction of sp³-hybridized carbons (Fsp3) is 0.750. The molecule has 1 aromatic heterocycles. The number of methoxy groups -OCH3 is 1. The first-order chi connectivity index (χ1) is 16.8. The number of aromatic nitrogens is 2. The predicted molar refractivity (Wildman–Crippen MR) is 132 cm³/mol. The minimum absolute atomic E-state index is 0.0460. The molecule has 3 aliphatic rings. The van der Waals surface area contributed by atoms with Crippen LogP contribution >= 0.6 is 11.6 Å². The van der Waals surface area contributed by atoms with E-state index in [1.807, 2.05) is 44.5 Å². The average molecular weight is 528 g/mol. The molecule has 0 aromatic carbocycles. The molecule has 2 saturated heterocycles. The Labute approximate surface area is 216 Å². The van der Waals surface area contributed by atoms with Crippen molar-refractivity contribution < 1.29 is 28.2 Å². The Morgan fingerprint density at radius 1 is 1.22 bits per heavy atom. The lowest BCUT2D eigenvalue weighted by Crippen LogP contribution is -2.58. The highest BCUT2D eigenvalue weighted by Crippen LogP contribution is 2.46. The Morgan fingerprint density at radius 2 is 1.92 bits per heavy atom. The molecule has 12 heteroatoms. The molecule has 0 bridgehead atoms. The summed E-state index contributed by atoms with van der Waals surface area (Å²) in [5.74, 6) is -0.514. The number of esters is 1. The second kappa shape index (κ2) is 9.81. The molecule has 10 nitrogen and oxygen atoms in total. The van der Waals surface area contributed by atoms with E-state index in [1.54, 1.807) is 4.90 Å². The van der Waals surface area contributed by atoms with Gasteiger partial charge in [-0.05, 0) is 54.0 Å². The van der Waals surface area contributed by atoms with Crippen LogP contribution in [0.5, 0.6) is 5.88 Å². The van der Waals surface area contributed by atoms with E-state index in [0.29, 0.717) is 38.4 Å². The number of nitrogens with zero attached hydrogens (tertiary/aromatic N) is 5. The van der Waals surface area contributed by atoms with Gasteiger partial charge < -0.3 is 19.1 Å². The Balaban J connectivity index is 1.59. The molecule has 1 aromatic rings. The Bertz CT molecular complexity index is 1020. The second-order valence-corrected chi connectivity index (χ2v) is 11.3. The number of likely N-dealkylation sites (N-methyl/N-ethyl adjacent to an activating group) is 1. The van der Waals surface area contributed by atoms with Gasteiger partial charge in [-0.3, -0.25) is 9.80 Å². The van der Waals surface area contributed by atoms with Crippen molar-refractivity contribution >= 4 is 29.5 Å². The van der Waals surface area contributed by atoms with Crippen molar-refractivity contribution in [1.29, 1.82) is 0 Å². The van der Waals surface area contributed by atoms with Gasteiger partial charge in [0.15, 0.2) is 5.82 Å². The fourth-order valence-corrected chi connectivity index (χ4v) is 5.24. The molecule has 36 heavy (non-hydrogen) atoms. The van der Waals surface area contributed by atoms with E-state index in [4.69, 9.17) is 25.8 Å². The summed E-state index contributed by atoms with van der Waals surface area (Å²) in [5, 5.41) is 0.161. The van der Waals surface area contributed by atoms with Crippen LogP contribution in [-0.4, -0.2) is 102 Å². The third kappa shape index (κ3) is 5.46. The summed E-state index contributed by atoms with van der Waals surface area (Å²) in [6.07, 6.45) is 0.298. The summed E-state index contributed by atoms with van der Waals surface area (Å²) in [7, 11) is 3.09. The molecule has 1 spiro atoms. The lowest BCUT2D eigenvalue weighted by atomic mass is 10.1. The molecule has 3 fully saturated rings. The monoisotopic (exact) mass is 527 g/mol. The molecule has 1 saturated carbocycles. The first-order valence-corrected chi connectivity index (χ1v) is 12.6. The van der Waals surface area contributed by atoms with Crippen LogP contribution in [0.25, 0.3) is 0 Å². The highest BCUT2D eigenvalue weighted by atomic mass is 35.5. The smallest absolute Gasteiger partial charge is 0.410 e. The van der Waals surface area contributed by atoms with Gasteiger partial charge in [0.25, 0.3) is 0 Å². The number of rotatable bonds is 5. The second-order valence-electron chi connectivity index (χ2n) is 10.9. The van der Waals surface area contributed by atoms with Crippen molar-refractivity contribution in [2.24, 2.45) is 0 Å². The number of amides is 1. The van der Waals surface area contributed by atoms with E-state index in [2.05, 4.69) is 9.97 Å². The zero-order chi connectivity index (χ0) is 26.4.